The fraction of sp³-hybridized carbons (Fsp3) is 0.471. The van der Waals surface area contributed by atoms with Crippen molar-refractivity contribution in [3.05, 3.63) is 42.4 Å². The monoisotopic (exact) mass is 385 g/mol. The van der Waals surface area contributed by atoms with Crippen molar-refractivity contribution in [2.75, 3.05) is 26.7 Å². The highest BCUT2D eigenvalue weighted by atomic mass is 35.5. The molecule has 0 aromatic carbocycles. The normalized spacial score (nSPS) is 14.5. The predicted octanol–water partition coefficient (Wildman–Crippen LogP) is 2.57. The molecule has 1 fully saturated rings. The molecule has 0 radical (unpaired) electrons. The fourth-order valence-corrected chi connectivity index (χ4v) is 3.01. The van der Waals surface area contributed by atoms with Crippen molar-refractivity contribution in [2.24, 2.45) is 5.92 Å². The Balaban J connectivity index is 0.00000156. The lowest BCUT2D eigenvalue weighted by molar-refractivity contribution is 0.0681. The van der Waals surface area contributed by atoms with Gasteiger partial charge in [0.25, 0.3) is 5.91 Å². The average Bonchev–Trinajstić information content (AvgIpc) is 3.14. The molecule has 8 heteroatoms. The van der Waals surface area contributed by atoms with E-state index in [9.17, 15) is 4.79 Å². The second-order valence-electron chi connectivity index (χ2n) is 5.96. The molecule has 0 saturated carbocycles. The minimum Gasteiger partial charge on any atom is -0.337 e. The molecule has 3 rings (SSSR count). The number of amides is 1. The number of carbonyl (C=O) groups is 1. The largest absolute Gasteiger partial charge is 0.337 e. The summed E-state index contributed by atoms with van der Waals surface area (Å²) in [5, 5.41) is 7.36. The lowest BCUT2D eigenvalue weighted by Gasteiger charge is -2.31. The molecule has 25 heavy (non-hydrogen) atoms. The summed E-state index contributed by atoms with van der Waals surface area (Å²) in [5.41, 5.74) is 0.492. The predicted molar refractivity (Wildman–Crippen MR) is 103 cm³/mol. The molecule has 1 amide bonds. The van der Waals surface area contributed by atoms with Crippen molar-refractivity contribution in [1.29, 1.82) is 0 Å². The number of carbonyl (C=O) groups excluding carboxylic acids is 1. The average molecular weight is 386 g/mol. The van der Waals surface area contributed by atoms with Gasteiger partial charge in [0.15, 0.2) is 5.82 Å². The molecule has 1 aliphatic rings. The van der Waals surface area contributed by atoms with E-state index in [1.165, 1.54) is 6.42 Å². The number of likely N-dealkylation sites (tertiary alicyclic amines) is 1. The molecule has 138 valence electrons. The zero-order valence-electron chi connectivity index (χ0n) is 14.3. The number of pyridine rings is 1. The van der Waals surface area contributed by atoms with Gasteiger partial charge in [0.1, 0.15) is 5.69 Å². The summed E-state index contributed by atoms with van der Waals surface area (Å²) >= 11 is 0. The number of rotatable bonds is 5. The zero-order chi connectivity index (χ0) is 16.1. The van der Waals surface area contributed by atoms with Crippen LogP contribution in [0.5, 0.6) is 0 Å². The van der Waals surface area contributed by atoms with E-state index in [4.69, 9.17) is 0 Å². The van der Waals surface area contributed by atoms with Gasteiger partial charge in [-0.2, -0.15) is 5.10 Å². The van der Waals surface area contributed by atoms with E-state index < -0.39 is 0 Å². The summed E-state index contributed by atoms with van der Waals surface area (Å²) in [4.78, 5) is 19.0. The summed E-state index contributed by atoms with van der Waals surface area (Å²) in [6.07, 6.45) is 6.86. The van der Waals surface area contributed by atoms with Gasteiger partial charge in [0, 0.05) is 25.5 Å². The van der Waals surface area contributed by atoms with Crippen LogP contribution in [0.1, 0.15) is 29.8 Å². The minimum atomic E-state index is 0. The molecule has 1 N–H and O–H groups in total. The van der Waals surface area contributed by atoms with Crippen molar-refractivity contribution >= 4 is 30.7 Å². The minimum absolute atomic E-state index is 0. The summed E-state index contributed by atoms with van der Waals surface area (Å²) in [6, 6.07) is 7.33. The van der Waals surface area contributed by atoms with Gasteiger partial charge in [-0.05, 0) is 57.0 Å². The van der Waals surface area contributed by atoms with Crippen LogP contribution >= 0.6 is 24.8 Å². The third-order valence-electron chi connectivity index (χ3n) is 4.40. The van der Waals surface area contributed by atoms with Crippen molar-refractivity contribution in [3.63, 3.8) is 0 Å². The Bertz CT molecular complexity index is 642. The van der Waals surface area contributed by atoms with Gasteiger partial charge in [-0.25, -0.2) is 9.67 Å². The molecular formula is C17H25Cl2N5O. The van der Waals surface area contributed by atoms with Crippen molar-refractivity contribution in [2.45, 2.75) is 19.3 Å². The van der Waals surface area contributed by atoms with E-state index >= 15 is 0 Å². The molecule has 2 aromatic rings. The second-order valence-corrected chi connectivity index (χ2v) is 5.96. The maximum atomic E-state index is 12.7. The van der Waals surface area contributed by atoms with E-state index in [1.54, 1.807) is 16.9 Å². The molecule has 3 heterocycles. The quantitative estimate of drug-likeness (QED) is 0.858. The van der Waals surface area contributed by atoms with Crippen LogP contribution in [0.25, 0.3) is 5.82 Å². The molecule has 1 saturated heterocycles. The number of aromatic nitrogens is 3. The van der Waals surface area contributed by atoms with Gasteiger partial charge in [0.05, 0.1) is 0 Å². The van der Waals surface area contributed by atoms with Crippen LogP contribution in [-0.4, -0.2) is 52.3 Å². The molecule has 0 unspecified atom stereocenters. The maximum Gasteiger partial charge on any atom is 0.272 e. The summed E-state index contributed by atoms with van der Waals surface area (Å²) < 4.78 is 1.67. The number of nitrogens with one attached hydrogen (secondary N) is 1. The maximum absolute atomic E-state index is 12.7. The first-order valence-electron chi connectivity index (χ1n) is 8.19. The van der Waals surface area contributed by atoms with E-state index in [-0.39, 0.29) is 30.7 Å². The standard InChI is InChI=1S/C17H23N5O.2ClH/c1-18-10-6-14-7-12-21(13-8-14)17(23)15-4-2-5-16(20-15)22-11-3-9-19-22;;/h2-5,9,11,14,18H,6-8,10,12-13H2,1H3;2*1H. The Labute approximate surface area is 160 Å². The number of hydrogen-bond donors (Lipinski definition) is 1. The van der Waals surface area contributed by atoms with Gasteiger partial charge < -0.3 is 10.2 Å². The lowest BCUT2D eigenvalue weighted by atomic mass is 9.93. The Kier molecular flexibility index (Phi) is 8.89. The second kappa shape index (κ2) is 10.4. The van der Waals surface area contributed by atoms with Gasteiger partial charge >= 0.3 is 0 Å². The van der Waals surface area contributed by atoms with Crippen LogP contribution in [0.15, 0.2) is 36.7 Å². The Hall–Kier alpha value is -1.63. The van der Waals surface area contributed by atoms with Crippen molar-refractivity contribution in [3.8, 4) is 5.82 Å². The van der Waals surface area contributed by atoms with Crippen LogP contribution in [0.2, 0.25) is 0 Å². The highest BCUT2D eigenvalue weighted by Crippen LogP contribution is 2.21. The number of hydrogen-bond acceptors (Lipinski definition) is 4. The Morgan fingerprint density at radius 3 is 2.64 bits per heavy atom. The van der Waals surface area contributed by atoms with Crippen molar-refractivity contribution < 1.29 is 4.79 Å². The molecule has 1 aliphatic heterocycles. The number of halogens is 2. The SMILES string of the molecule is CNCCC1CCN(C(=O)c2cccc(-n3cccn3)n2)CC1.Cl.Cl. The van der Waals surface area contributed by atoms with Gasteiger partial charge in [-0.1, -0.05) is 6.07 Å². The van der Waals surface area contributed by atoms with Crippen LogP contribution < -0.4 is 5.32 Å². The molecule has 0 spiro atoms. The topological polar surface area (TPSA) is 63.1 Å². The number of nitrogens with zero attached hydrogens (tertiary/aromatic N) is 4. The molecule has 0 aliphatic carbocycles. The van der Waals surface area contributed by atoms with E-state index in [0.717, 1.165) is 38.4 Å². The fourth-order valence-electron chi connectivity index (χ4n) is 3.01. The molecular weight excluding hydrogens is 361 g/mol. The molecule has 2 aromatic heterocycles. The highest BCUT2D eigenvalue weighted by molar-refractivity contribution is 5.92. The lowest BCUT2D eigenvalue weighted by Crippen LogP contribution is -2.39. The van der Waals surface area contributed by atoms with Crippen LogP contribution in [0, 0.1) is 5.92 Å². The Morgan fingerprint density at radius 2 is 2.00 bits per heavy atom. The summed E-state index contributed by atoms with van der Waals surface area (Å²) in [5.74, 6) is 1.41. The van der Waals surface area contributed by atoms with Crippen LogP contribution in [0.3, 0.4) is 0 Å². The highest BCUT2D eigenvalue weighted by Gasteiger charge is 2.24. The van der Waals surface area contributed by atoms with Gasteiger partial charge in [-0.3, -0.25) is 4.79 Å². The smallest absolute Gasteiger partial charge is 0.272 e. The first-order valence-corrected chi connectivity index (χ1v) is 8.19. The first kappa shape index (κ1) is 21.4. The van der Waals surface area contributed by atoms with Crippen molar-refractivity contribution in [1.82, 2.24) is 25.0 Å². The third kappa shape index (κ3) is 5.42. The van der Waals surface area contributed by atoms with Crippen LogP contribution in [0.4, 0.5) is 0 Å². The molecule has 0 bridgehead atoms. The molecule has 6 nitrogen and oxygen atoms in total. The van der Waals surface area contributed by atoms with Gasteiger partial charge in [-0.15, -0.1) is 24.8 Å². The summed E-state index contributed by atoms with van der Waals surface area (Å²) in [6.45, 7) is 2.69. The third-order valence-corrected chi connectivity index (χ3v) is 4.40. The zero-order valence-corrected chi connectivity index (χ0v) is 15.9. The van der Waals surface area contributed by atoms with E-state index in [1.807, 2.05) is 36.3 Å². The van der Waals surface area contributed by atoms with E-state index in [2.05, 4.69) is 15.4 Å². The van der Waals surface area contributed by atoms with Gasteiger partial charge in [0.2, 0.25) is 0 Å². The van der Waals surface area contributed by atoms with Crippen LogP contribution in [-0.2, 0) is 0 Å². The number of piperidine rings is 1. The first-order chi connectivity index (χ1) is 11.3. The summed E-state index contributed by atoms with van der Waals surface area (Å²) in [7, 11) is 1.98. The Morgan fingerprint density at radius 1 is 1.24 bits per heavy atom. The van der Waals surface area contributed by atoms with E-state index in [0.29, 0.717) is 11.5 Å². The molecule has 0 atom stereocenters.